The number of aryl methyl sites for hydroxylation is 2. The van der Waals surface area contributed by atoms with E-state index in [2.05, 4.69) is 20.8 Å². The Morgan fingerprint density at radius 1 is 1.17 bits per heavy atom. The van der Waals surface area contributed by atoms with Gasteiger partial charge in [-0.1, -0.05) is 24.6 Å². The van der Waals surface area contributed by atoms with Crippen molar-refractivity contribution < 1.29 is 32.3 Å². The van der Waals surface area contributed by atoms with Gasteiger partial charge in [-0.05, 0) is 86.9 Å². The van der Waals surface area contributed by atoms with Gasteiger partial charge in [-0.2, -0.15) is 23.1 Å². The number of benzene rings is 1. The predicted molar refractivity (Wildman–Crippen MR) is 147 cm³/mol. The molecule has 0 bridgehead atoms. The molecule has 0 spiro atoms. The molecule has 15 heteroatoms. The summed E-state index contributed by atoms with van der Waals surface area (Å²) >= 11 is 6.00. The highest BCUT2D eigenvalue weighted by Gasteiger charge is 2.69. The zero-order valence-corrected chi connectivity index (χ0v) is 24.7. The largest absolute Gasteiger partial charge is 0.403 e. The first-order valence-electron chi connectivity index (χ1n) is 12.9. The summed E-state index contributed by atoms with van der Waals surface area (Å²) in [7, 11) is 0. The van der Waals surface area contributed by atoms with Crippen molar-refractivity contribution in [2.24, 2.45) is 11.3 Å². The molecule has 11 nitrogen and oxygen atoms in total. The summed E-state index contributed by atoms with van der Waals surface area (Å²) in [5.74, 6) is 0.352. The molecule has 2 atom stereocenters. The zero-order chi connectivity index (χ0) is 32.3. The minimum absolute atomic E-state index is 0.0348. The maximum Gasteiger partial charge on any atom is 0.403 e. The van der Waals surface area contributed by atoms with Crippen LogP contribution in [0.4, 0.5) is 13.2 Å². The van der Waals surface area contributed by atoms with Gasteiger partial charge >= 0.3 is 6.18 Å². The van der Waals surface area contributed by atoms with Gasteiger partial charge in [0.1, 0.15) is 24.5 Å². The van der Waals surface area contributed by atoms with Crippen molar-refractivity contribution in [2.75, 3.05) is 6.54 Å². The number of rotatable bonds is 4. The fourth-order valence-corrected chi connectivity index (χ4v) is 4.49. The Labute approximate surface area is 247 Å². The Morgan fingerprint density at radius 2 is 1.76 bits per heavy atom. The highest BCUT2D eigenvalue weighted by atomic mass is 35.5. The summed E-state index contributed by atoms with van der Waals surface area (Å²) in [6.07, 6.45) is -1.45. The summed E-state index contributed by atoms with van der Waals surface area (Å²) in [6, 6.07) is 7.68. The first-order chi connectivity index (χ1) is 19.8. The molecule has 2 amide bonds. The second-order valence-electron chi connectivity index (χ2n) is 10.3. The second kappa shape index (κ2) is 15.4. The van der Waals surface area contributed by atoms with Crippen LogP contribution in [0.25, 0.3) is 5.69 Å². The van der Waals surface area contributed by atoms with E-state index in [0.29, 0.717) is 18.9 Å². The smallest absolute Gasteiger partial charge is 0.340 e. The van der Waals surface area contributed by atoms with E-state index >= 15 is 0 Å². The third-order valence-electron chi connectivity index (χ3n) is 7.07. The predicted octanol–water partition coefficient (Wildman–Crippen LogP) is 3.94. The number of hydrogen-bond acceptors (Lipinski definition) is 8. The maximum absolute atomic E-state index is 12.8. The molecule has 2 aromatic rings. The third-order valence-corrected chi connectivity index (χ3v) is 7.48. The Bertz CT molecular complexity index is 1240. The minimum Gasteiger partial charge on any atom is -0.340 e. The number of alkyl halides is 3. The van der Waals surface area contributed by atoms with Crippen molar-refractivity contribution in [3.05, 3.63) is 34.6 Å². The van der Waals surface area contributed by atoms with E-state index in [1.54, 1.807) is 4.68 Å². The number of nitriles is 1. The summed E-state index contributed by atoms with van der Waals surface area (Å²) in [4.78, 5) is 39.1. The Morgan fingerprint density at radius 3 is 2.10 bits per heavy atom. The van der Waals surface area contributed by atoms with E-state index < -0.39 is 23.0 Å². The van der Waals surface area contributed by atoms with Crippen molar-refractivity contribution >= 4 is 37.5 Å². The normalized spacial score (nSPS) is 20.2. The molecule has 2 aliphatic carbocycles. The van der Waals surface area contributed by atoms with Crippen LogP contribution in [0, 0.1) is 36.5 Å². The fraction of sp³-hybridized carbons (Fsp3) is 0.556. The molecule has 0 radical (unpaired) electrons. The number of carbonyl (C=O) groups is 4. The maximum atomic E-state index is 12.8. The molecule has 3 aliphatic rings. The third kappa shape index (κ3) is 8.82. The zero-order valence-electron chi connectivity index (χ0n) is 23.9. The van der Waals surface area contributed by atoms with E-state index in [1.165, 1.54) is 4.90 Å². The second-order valence-corrected chi connectivity index (χ2v) is 10.7. The Balaban J connectivity index is 0.000000310. The van der Waals surface area contributed by atoms with E-state index in [1.807, 2.05) is 65.5 Å². The number of tetrazole rings is 1. The minimum atomic E-state index is -4.38. The fourth-order valence-electron chi connectivity index (χ4n) is 4.31. The monoisotopic (exact) mass is 613 g/mol. The number of carbonyl (C=O) groups excluding carboxylic acids is 4. The molecule has 2 saturated carbocycles. The van der Waals surface area contributed by atoms with E-state index in [4.69, 9.17) is 26.5 Å². The van der Waals surface area contributed by atoms with E-state index in [-0.39, 0.29) is 18.9 Å². The van der Waals surface area contributed by atoms with Crippen LogP contribution in [0.15, 0.2) is 18.2 Å². The average Bonchev–Trinajstić information content (AvgIpc) is 3.87. The van der Waals surface area contributed by atoms with Gasteiger partial charge in [0.2, 0.25) is 12.3 Å². The Hall–Kier alpha value is -3.86. The lowest BCUT2D eigenvalue weighted by Gasteiger charge is -2.28. The molecule has 5 rings (SSSR count). The number of halogens is 4. The van der Waals surface area contributed by atoms with Crippen LogP contribution < -0.4 is 5.32 Å². The van der Waals surface area contributed by atoms with Crippen LogP contribution in [0.3, 0.4) is 0 Å². The van der Waals surface area contributed by atoms with Crippen molar-refractivity contribution in [2.45, 2.75) is 77.6 Å². The summed E-state index contributed by atoms with van der Waals surface area (Å²) in [5.41, 5.74) is -0.586. The van der Waals surface area contributed by atoms with Crippen molar-refractivity contribution in [3.8, 4) is 11.8 Å². The molecule has 2 heterocycles. The quantitative estimate of drug-likeness (QED) is 0.509. The molecule has 42 heavy (non-hydrogen) atoms. The van der Waals surface area contributed by atoms with Gasteiger partial charge in [0.25, 0.3) is 0 Å². The molecular weight excluding hydrogens is 579 g/mol. The summed E-state index contributed by atoms with van der Waals surface area (Å²) in [5, 5.41) is 22.7. The van der Waals surface area contributed by atoms with Crippen molar-refractivity contribution in [3.63, 3.8) is 0 Å². The van der Waals surface area contributed by atoms with Crippen molar-refractivity contribution in [1.29, 1.82) is 5.26 Å². The molecule has 1 aromatic heterocycles. The lowest BCUT2D eigenvalue weighted by molar-refractivity contribution is -0.198. The number of aromatic nitrogens is 4. The molecule has 1 aromatic carbocycles. The van der Waals surface area contributed by atoms with Gasteiger partial charge in [-0.3, -0.25) is 9.59 Å². The standard InChI is InChI=1S/C11H16F3NO.C9H9ClN4.C5H6N2O.2CH2O/c1-7-5-8(2)15(6-7)9(16)10(3-4-10)11(12,13)14;1-6-3-4-8(5-9(6)10)14-7(2)11-12-13-14;6-3-5(1-2-5)7-4-8;2*1-2/h7-8H,3-6H2,1-2H3;3-5H,1-2H3;4H,1-2H2,(H,7,8);2*1H2/t7?,8-;;;;/m1..../s1. The summed E-state index contributed by atoms with van der Waals surface area (Å²) < 4.78 is 40.0. The van der Waals surface area contributed by atoms with Crippen LogP contribution >= 0.6 is 11.6 Å². The number of nitrogens with one attached hydrogen (secondary N) is 1. The SMILES string of the molecule is C=O.C=O.CC1C[C@@H](C)N(C(=O)C2(C(F)(F)F)CC2)C1.Cc1ccc(-n2nnnc2C)cc1Cl.N#CC1(NC=O)CC1. The lowest BCUT2D eigenvalue weighted by Crippen LogP contribution is -2.45. The van der Waals surface area contributed by atoms with Crippen LogP contribution in [0.2, 0.25) is 5.02 Å². The van der Waals surface area contributed by atoms with Gasteiger partial charge in [-0.15, -0.1) is 5.10 Å². The number of nitrogens with zero attached hydrogens (tertiary/aromatic N) is 6. The van der Waals surface area contributed by atoms with Gasteiger partial charge in [0, 0.05) is 17.6 Å². The molecule has 1 unspecified atom stereocenters. The molecule has 3 fully saturated rings. The molecule has 1 N–H and O–H groups in total. The van der Waals surface area contributed by atoms with Gasteiger partial charge in [0.05, 0.1) is 11.8 Å². The average molecular weight is 614 g/mol. The van der Waals surface area contributed by atoms with Crippen LogP contribution in [0.5, 0.6) is 0 Å². The van der Waals surface area contributed by atoms with E-state index in [0.717, 1.165) is 41.4 Å². The Kier molecular flexibility index (Phi) is 13.3. The van der Waals surface area contributed by atoms with Gasteiger partial charge in [-0.25, -0.2) is 0 Å². The first kappa shape index (κ1) is 36.2. The van der Waals surface area contributed by atoms with Gasteiger partial charge in [0.15, 0.2) is 5.82 Å². The number of likely N-dealkylation sites (tertiary alicyclic amines) is 1. The van der Waals surface area contributed by atoms with Gasteiger partial charge < -0.3 is 19.8 Å². The summed E-state index contributed by atoms with van der Waals surface area (Å²) in [6.45, 7) is 12.1. The van der Waals surface area contributed by atoms with Crippen LogP contribution in [-0.4, -0.2) is 75.3 Å². The highest BCUT2D eigenvalue weighted by Crippen LogP contribution is 2.59. The molecule has 1 aliphatic heterocycles. The van der Waals surface area contributed by atoms with Crippen molar-refractivity contribution in [1.82, 2.24) is 30.4 Å². The van der Waals surface area contributed by atoms with Crippen LogP contribution in [0.1, 0.15) is 57.3 Å². The lowest BCUT2D eigenvalue weighted by atomic mass is 10.0. The molecule has 1 saturated heterocycles. The first-order valence-corrected chi connectivity index (χ1v) is 13.3. The van der Waals surface area contributed by atoms with E-state index in [9.17, 15) is 22.8 Å². The molecule has 230 valence electrons. The number of hydrogen-bond donors (Lipinski definition) is 1. The number of amides is 2. The topological polar surface area (TPSA) is 151 Å². The highest BCUT2D eigenvalue weighted by molar-refractivity contribution is 6.31. The molecular formula is C27H35ClF3N7O4. The van der Waals surface area contributed by atoms with Crippen LogP contribution in [-0.2, 0) is 19.2 Å².